The van der Waals surface area contributed by atoms with Gasteiger partial charge in [-0.05, 0) is 52.7 Å². The van der Waals surface area contributed by atoms with Crippen molar-refractivity contribution in [2.24, 2.45) is 0 Å². The van der Waals surface area contributed by atoms with Gasteiger partial charge in [-0.1, -0.05) is 6.07 Å². The van der Waals surface area contributed by atoms with E-state index in [4.69, 9.17) is 4.74 Å². The van der Waals surface area contributed by atoms with Crippen LogP contribution in [-0.2, 0) is 10.0 Å². The van der Waals surface area contributed by atoms with Crippen molar-refractivity contribution in [1.29, 1.82) is 0 Å². The molecule has 5 heteroatoms. The van der Waals surface area contributed by atoms with Crippen LogP contribution >= 0.6 is 0 Å². The van der Waals surface area contributed by atoms with Crippen LogP contribution < -0.4 is 9.46 Å². The summed E-state index contributed by atoms with van der Waals surface area (Å²) >= 11 is 0. The summed E-state index contributed by atoms with van der Waals surface area (Å²) in [5.74, 6) is 0.613. The molecule has 0 spiro atoms. The lowest BCUT2D eigenvalue weighted by Gasteiger charge is -2.22. The average Bonchev–Trinajstić information content (AvgIpc) is 2.18. The lowest BCUT2D eigenvalue weighted by molar-refractivity contribution is 0.336. The van der Waals surface area contributed by atoms with Crippen molar-refractivity contribution in [3.63, 3.8) is 0 Å². The topological polar surface area (TPSA) is 55.4 Å². The molecular weight excluding hydrogens is 262 g/mol. The van der Waals surface area contributed by atoms with Crippen LogP contribution in [0.5, 0.6) is 5.75 Å². The number of ether oxygens (including phenoxy) is 1. The maximum atomic E-state index is 12.4. The van der Waals surface area contributed by atoms with Crippen LogP contribution in [0.2, 0.25) is 0 Å². The first-order chi connectivity index (χ1) is 8.57. The first-order valence-electron chi connectivity index (χ1n) is 6.35. The Morgan fingerprint density at radius 3 is 2.21 bits per heavy atom. The fourth-order valence-corrected chi connectivity index (χ4v) is 3.53. The summed E-state index contributed by atoms with van der Waals surface area (Å²) in [6.45, 7) is 11.5. The molecule has 0 atom stereocenters. The third kappa shape index (κ3) is 4.21. The van der Waals surface area contributed by atoms with Crippen LogP contribution in [0.4, 0.5) is 0 Å². The van der Waals surface area contributed by atoms with Gasteiger partial charge in [0.25, 0.3) is 0 Å². The first-order valence-corrected chi connectivity index (χ1v) is 7.83. The van der Waals surface area contributed by atoms with E-state index in [9.17, 15) is 8.42 Å². The maximum absolute atomic E-state index is 12.4. The number of benzene rings is 1. The lowest BCUT2D eigenvalue weighted by atomic mass is 10.1. The van der Waals surface area contributed by atoms with Gasteiger partial charge in [0.1, 0.15) is 5.75 Å². The standard InChI is InChI=1S/C14H23NO3S/c1-7-18-12-9-13(11(3)8-10(12)2)19(16,17)15-14(4,5)6/h8-9,15H,7H2,1-6H3. The van der Waals surface area contributed by atoms with Gasteiger partial charge in [-0.15, -0.1) is 0 Å². The van der Waals surface area contributed by atoms with Crippen molar-refractivity contribution >= 4 is 10.0 Å². The molecular formula is C14H23NO3S. The molecule has 0 aromatic heterocycles. The molecule has 1 N–H and O–H groups in total. The quantitative estimate of drug-likeness (QED) is 0.925. The van der Waals surface area contributed by atoms with Gasteiger partial charge in [-0.25, -0.2) is 13.1 Å². The van der Waals surface area contributed by atoms with E-state index in [1.807, 2.05) is 40.7 Å². The van der Waals surface area contributed by atoms with Crippen molar-refractivity contribution in [2.75, 3.05) is 6.61 Å². The highest BCUT2D eigenvalue weighted by atomic mass is 32.2. The molecule has 0 radical (unpaired) electrons. The smallest absolute Gasteiger partial charge is 0.241 e. The SMILES string of the molecule is CCOc1cc(S(=O)(=O)NC(C)(C)C)c(C)cc1C. The van der Waals surface area contributed by atoms with Gasteiger partial charge >= 0.3 is 0 Å². The Bertz CT molecular complexity index is 557. The maximum Gasteiger partial charge on any atom is 0.241 e. The molecule has 1 aromatic rings. The van der Waals surface area contributed by atoms with Gasteiger partial charge in [-0.2, -0.15) is 0 Å². The molecule has 0 saturated carbocycles. The van der Waals surface area contributed by atoms with Crippen molar-refractivity contribution < 1.29 is 13.2 Å². The molecule has 0 saturated heterocycles. The molecule has 19 heavy (non-hydrogen) atoms. The van der Waals surface area contributed by atoms with Crippen LogP contribution in [0, 0.1) is 13.8 Å². The molecule has 0 aliphatic carbocycles. The number of aryl methyl sites for hydroxylation is 2. The molecule has 0 amide bonds. The van der Waals surface area contributed by atoms with Gasteiger partial charge in [0.2, 0.25) is 10.0 Å². The Morgan fingerprint density at radius 1 is 1.16 bits per heavy atom. The Kier molecular flexibility index (Phi) is 4.63. The van der Waals surface area contributed by atoms with Crippen LogP contribution in [0.15, 0.2) is 17.0 Å². The van der Waals surface area contributed by atoms with Crippen molar-refractivity contribution in [3.05, 3.63) is 23.3 Å². The van der Waals surface area contributed by atoms with E-state index in [1.54, 1.807) is 13.0 Å². The highest BCUT2D eigenvalue weighted by molar-refractivity contribution is 7.89. The van der Waals surface area contributed by atoms with Crippen LogP contribution in [0.3, 0.4) is 0 Å². The van der Waals surface area contributed by atoms with E-state index in [0.717, 1.165) is 11.1 Å². The minimum atomic E-state index is -3.54. The summed E-state index contributed by atoms with van der Waals surface area (Å²) in [6.07, 6.45) is 0. The van der Waals surface area contributed by atoms with Crippen molar-refractivity contribution in [3.8, 4) is 5.75 Å². The van der Waals surface area contributed by atoms with E-state index < -0.39 is 15.6 Å². The minimum absolute atomic E-state index is 0.275. The number of sulfonamides is 1. The minimum Gasteiger partial charge on any atom is -0.494 e. The third-order valence-corrected chi connectivity index (χ3v) is 4.40. The number of rotatable bonds is 4. The van der Waals surface area contributed by atoms with Crippen molar-refractivity contribution in [2.45, 2.75) is 52.0 Å². The largest absolute Gasteiger partial charge is 0.494 e. The molecule has 4 nitrogen and oxygen atoms in total. The van der Waals surface area contributed by atoms with Gasteiger partial charge in [0.15, 0.2) is 0 Å². The van der Waals surface area contributed by atoms with E-state index in [-0.39, 0.29) is 4.90 Å². The molecule has 0 aliphatic rings. The van der Waals surface area contributed by atoms with Crippen LogP contribution in [0.1, 0.15) is 38.8 Å². The number of hydrogen-bond acceptors (Lipinski definition) is 3. The lowest BCUT2D eigenvalue weighted by Crippen LogP contribution is -2.40. The normalized spacial score (nSPS) is 12.5. The highest BCUT2D eigenvalue weighted by Crippen LogP contribution is 2.26. The Labute approximate surface area is 116 Å². The summed E-state index contributed by atoms with van der Waals surface area (Å²) in [5, 5.41) is 0. The van der Waals surface area contributed by atoms with Crippen molar-refractivity contribution in [1.82, 2.24) is 4.72 Å². The molecule has 108 valence electrons. The number of nitrogens with one attached hydrogen (secondary N) is 1. The predicted molar refractivity (Wildman–Crippen MR) is 77.2 cm³/mol. The van der Waals surface area contributed by atoms with E-state index in [0.29, 0.717) is 12.4 Å². The second kappa shape index (κ2) is 5.51. The van der Waals surface area contributed by atoms with Gasteiger partial charge in [-0.3, -0.25) is 0 Å². The summed E-state index contributed by atoms with van der Waals surface area (Å²) in [4.78, 5) is 0.275. The Balaban J connectivity index is 3.30. The second-order valence-electron chi connectivity index (χ2n) is 5.67. The monoisotopic (exact) mass is 285 g/mol. The Hall–Kier alpha value is -1.07. The average molecular weight is 285 g/mol. The zero-order valence-electron chi connectivity index (χ0n) is 12.5. The molecule has 0 heterocycles. The molecule has 0 aliphatic heterocycles. The van der Waals surface area contributed by atoms with Crippen LogP contribution in [-0.4, -0.2) is 20.6 Å². The summed E-state index contributed by atoms with van der Waals surface area (Å²) in [5.41, 5.74) is 1.15. The molecule has 0 unspecified atom stereocenters. The zero-order valence-corrected chi connectivity index (χ0v) is 13.3. The fourth-order valence-electron chi connectivity index (χ4n) is 1.87. The van der Waals surface area contributed by atoms with E-state index >= 15 is 0 Å². The predicted octanol–water partition coefficient (Wildman–Crippen LogP) is 2.78. The Morgan fingerprint density at radius 2 is 1.74 bits per heavy atom. The number of hydrogen-bond donors (Lipinski definition) is 1. The first kappa shape index (κ1) is 16.0. The third-order valence-electron chi connectivity index (χ3n) is 2.50. The van der Waals surface area contributed by atoms with Gasteiger partial charge in [0.05, 0.1) is 11.5 Å². The summed E-state index contributed by atoms with van der Waals surface area (Å²) in [6, 6.07) is 3.43. The summed E-state index contributed by atoms with van der Waals surface area (Å²) < 4.78 is 32.9. The van der Waals surface area contributed by atoms with Gasteiger partial charge < -0.3 is 4.74 Å². The molecule has 0 fully saturated rings. The fraction of sp³-hybridized carbons (Fsp3) is 0.571. The zero-order chi connectivity index (χ0) is 14.8. The van der Waals surface area contributed by atoms with E-state index in [1.165, 1.54) is 0 Å². The van der Waals surface area contributed by atoms with E-state index in [2.05, 4.69) is 4.72 Å². The molecule has 0 bridgehead atoms. The summed E-state index contributed by atoms with van der Waals surface area (Å²) in [7, 11) is -3.54. The molecule has 1 rings (SSSR count). The second-order valence-corrected chi connectivity index (χ2v) is 7.32. The molecule has 1 aromatic carbocycles. The van der Waals surface area contributed by atoms with Gasteiger partial charge in [0, 0.05) is 11.6 Å². The highest BCUT2D eigenvalue weighted by Gasteiger charge is 2.24. The van der Waals surface area contributed by atoms with Crippen LogP contribution in [0.25, 0.3) is 0 Å².